The number of hydrogen-bond donors (Lipinski definition) is 2. The van der Waals surface area contributed by atoms with Crippen LogP contribution in [0, 0.1) is 5.92 Å². The lowest BCUT2D eigenvalue weighted by Gasteiger charge is -2.22. The number of ether oxygens (including phenoxy) is 1. The molecule has 0 radical (unpaired) electrons. The SMILES string of the molecule is Nc1nc2ccccc2nc1OCCC1CCNCC1. The Labute approximate surface area is 118 Å². The highest BCUT2D eigenvalue weighted by Gasteiger charge is 2.13. The van der Waals surface area contributed by atoms with Gasteiger partial charge in [0.2, 0.25) is 0 Å². The average Bonchev–Trinajstić information content (AvgIpc) is 2.49. The topological polar surface area (TPSA) is 73.1 Å². The van der Waals surface area contributed by atoms with Crippen LogP contribution >= 0.6 is 0 Å². The van der Waals surface area contributed by atoms with Crippen LogP contribution in [0.1, 0.15) is 19.3 Å². The monoisotopic (exact) mass is 272 g/mol. The van der Waals surface area contributed by atoms with E-state index in [0.717, 1.165) is 36.5 Å². The van der Waals surface area contributed by atoms with Crippen LogP contribution in [0.4, 0.5) is 5.82 Å². The lowest BCUT2D eigenvalue weighted by Crippen LogP contribution is -2.28. The molecule has 1 aromatic heterocycles. The van der Waals surface area contributed by atoms with Gasteiger partial charge < -0.3 is 15.8 Å². The van der Waals surface area contributed by atoms with Crippen LogP contribution in [0.25, 0.3) is 11.0 Å². The van der Waals surface area contributed by atoms with Crippen LogP contribution < -0.4 is 15.8 Å². The normalized spacial score (nSPS) is 16.4. The van der Waals surface area contributed by atoms with Gasteiger partial charge in [-0.15, -0.1) is 0 Å². The fraction of sp³-hybridized carbons (Fsp3) is 0.467. The Kier molecular flexibility index (Phi) is 3.97. The van der Waals surface area contributed by atoms with E-state index in [1.54, 1.807) is 0 Å². The van der Waals surface area contributed by atoms with Crippen molar-refractivity contribution in [1.29, 1.82) is 0 Å². The summed E-state index contributed by atoms with van der Waals surface area (Å²) in [6.07, 6.45) is 3.50. The van der Waals surface area contributed by atoms with Crippen molar-refractivity contribution in [3.63, 3.8) is 0 Å². The van der Waals surface area contributed by atoms with E-state index in [4.69, 9.17) is 10.5 Å². The van der Waals surface area contributed by atoms with E-state index in [1.165, 1.54) is 12.8 Å². The van der Waals surface area contributed by atoms with Gasteiger partial charge in [0, 0.05) is 0 Å². The zero-order chi connectivity index (χ0) is 13.8. The Morgan fingerprint density at radius 2 is 1.85 bits per heavy atom. The minimum atomic E-state index is 0.369. The van der Waals surface area contributed by atoms with E-state index in [1.807, 2.05) is 24.3 Å². The Hall–Kier alpha value is -1.88. The molecule has 0 spiro atoms. The molecule has 0 aliphatic carbocycles. The third-order valence-electron chi connectivity index (χ3n) is 3.79. The zero-order valence-corrected chi connectivity index (χ0v) is 11.5. The van der Waals surface area contributed by atoms with Gasteiger partial charge in [-0.05, 0) is 50.4 Å². The maximum atomic E-state index is 5.90. The zero-order valence-electron chi connectivity index (χ0n) is 11.5. The maximum Gasteiger partial charge on any atom is 0.257 e. The predicted octanol–water partition coefficient (Wildman–Crippen LogP) is 1.98. The van der Waals surface area contributed by atoms with Crippen molar-refractivity contribution in [3.05, 3.63) is 24.3 Å². The first-order valence-electron chi connectivity index (χ1n) is 7.19. The summed E-state index contributed by atoms with van der Waals surface area (Å²) in [5, 5.41) is 3.37. The molecule has 106 valence electrons. The molecular formula is C15H20N4O. The number of anilines is 1. The van der Waals surface area contributed by atoms with E-state index >= 15 is 0 Å². The van der Waals surface area contributed by atoms with Crippen molar-refractivity contribution in [2.24, 2.45) is 5.92 Å². The second kappa shape index (κ2) is 6.05. The number of nitrogens with two attached hydrogens (primary N) is 1. The van der Waals surface area contributed by atoms with Gasteiger partial charge in [0.15, 0.2) is 5.82 Å². The molecule has 0 saturated carbocycles. The molecule has 20 heavy (non-hydrogen) atoms. The Morgan fingerprint density at radius 1 is 1.15 bits per heavy atom. The molecule has 5 heteroatoms. The van der Waals surface area contributed by atoms with Gasteiger partial charge in [-0.2, -0.15) is 0 Å². The van der Waals surface area contributed by atoms with Crippen LogP contribution in [-0.4, -0.2) is 29.7 Å². The molecule has 1 saturated heterocycles. The molecule has 3 rings (SSSR count). The molecule has 1 aliphatic rings. The van der Waals surface area contributed by atoms with E-state index in [-0.39, 0.29) is 0 Å². The second-order valence-electron chi connectivity index (χ2n) is 5.23. The van der Waals surface area contributed by atoms with E-state index < -0.39 is 0 Å². The Morgan fingerprint density at radius 3 is 2.60 bits per heavy atom. The first-order valence-corrected chi connectivity index (χ1v) is 7.19. The first kappa shape index (κ1) is 13.1. The number of fused-ring (bicyclic) bond motifs is 1. The van der Waals surface area contributed by atoms with Crippen molar-refractivity contribution in [3.8, 4) is 5.88 Å². The van der Waals surface area contributed by atoms with E-state index in [2.05, 4.69) is 15.3 Å². The molecule has 0 atom stereocenters. The van der Waals surface area contributed by atoms with E-state index in [0.29, 0.717) is 18.3 Å². The summed E-state index contributed by atoms with van der Waals surface area (Å²) in [7, 11) is 0. The molecule has 1 aliphatic heterocycles. The number of aromatic nitrogens is 2. The highest BCUT2D eigenvalue weighted by Crippen LogP contribution is 2.22. The summed E-state index contributed by atoms with van der Waals surface area (Å²) in [4.78, 5) is 8.76. The summed E-state index contributed by atoms with van der Waals surface area (Å²) in [5.74, 6) is 1.57. The summed E-state index contributed by atoms with van der Waals surface area (Å²) in [6, 6.07) is 7.68. The van der Waals surface area contributed by atoms with Crippen LogP contribution in [0.15, 0.2) is 24.3 Å². The third-order valence-corrected chi connectivity index (χ3v) is 3.79. The first-order chi connectivity index (χ1) is 9.83. The minimum absolute atomic E-state index is 0.369. The highest BCUT2D eigenvalue weighted by atomic mass is 16.5. The fourth-order valence-electron chi connectivity index (χ4n) is 2.60. The van der Waals surface area contributed by atoms with Gasteiger partial charge in [0.25, 0.3) is 5.88 Å². The Bertz CT molecular complexity index is 581. The maximum absolute atomic E-state index is 5.90. The Balaban J connectivity index is 1.63. The largest absolute Gasteiger partial charge is 0.475 e. The van der Waals surface area contributed by atoms with E-state index in [9.17, 15) is 0 Å². The molecule has 0 unspecified atom stereocenters. The van der Waals surface area contributed by atoms with Crippen LogP contribution in [0.5, 0.6) is 5.88 Å². The molecule has 3 N–H and O–H groups in total. The van der Waals surface area contributed by atoms with Gasteiger partial charge in [0.05, 0.1) is 17.6 Å². The number of rotatable bonds is 4. The van der Waals surface area contributed by atoms with Crippen LogP contribution in [0.3, 0.4) is 0 Å². The molecular weight excluding hydrogens is 252 g/mol. The molecule has 1 fully saturated rings. The van der Waals surface area contributed by atoms with Crippen molar-refractivity contribution in [2.75, 3.05) is 25.4 Å². The summed E-state index contributed by atoms with van der Waals surface area (Å²) < 4.78 is 5.73. The predicted molar refractivity (Wildman–Crippen MR) is 79.7 cm³/mol. The highest BCUT2D eigenvalue weighted by molar-refractivity contribution is 5.76. The fourth-order valence-corrected chi connectivity index (χ4v) is 2.60. The number of nitrogens with one attached hydrogen (secondary N) is 1. The quantitative estimate of drug-likeness (QED) is 0.890. The number of benzene rings is 1. The molecule has 2 aromatic rings. The number of nitrogen functional groups attached to an aromatic ring is 1. The summed E-state index contributed by atoms with van der Waals surface area (Å²) in [5.41, 5.74) is 7.52. The molecule has 0 bridgehead atoms. The molecule has 2 heterocycles. The third kappa shape index (κ3) is 2.99. The smallest absolute Gasteiger partial charge is 0.257 e. The number of hydrogen-bond acceptors (Lipinski definition) is 5. The van der Waals surface area contributed by atoms with Crippen molar-refractivity contribution in [2.45, 2.75) is 19.3 Å². The van der Waals surface area contributed by atoms with Crippen LogP contribution in [-0.2, 0) is 0 Å². The standard InChI is InChI=1S/C15H20N4O/c16-14-15(19-13-4-2-1-3-12(13)18-14)20-10-7-11-5-8-17-9-6-11/h1-4,11,17H,5-10H2,(H2,16,18). The lowest BCUT2D eigenvalue weighted by molar-refractivity contribution is 0.246. The lowest BCUT2D eigenvalue weighted by atomic mass is 9.95. The van der Waals surface area contributed by atoms with Crippen LogP contribution in [0.2, 0.25) is 0 Å². The van der Waals surface area contributed by atoms with Crippen molar-refractivity contribution < 1.29 is 4.74 Å². The van der Waals surface area contributed by atoms with Gasteiger partial charge in [-0.1, -0.05) is 12.1 Å². The number of nitrogens with zero attached hydrogens (tertiary/aromatic N) is 2. The number of piperidine rings is 1. The molecule has 1 aromatic carbocycles. The summed E-state index contributed by atoms with van der Waals surface area (Å²) in [6.45, 7) is 2.88. The number of para-hydroxylation sites is 2. The second-order valence-corrected chi connectivity index (χ2v) is 5.23. The molecule has 0 amide bonds. The van der Waals surface area contributed by atoms with Gasteiger partial charge in [-0.3, -0.25) is 0 Å². The van der Waals surface area contributed by atoms with Gasteiger partial charge >= 0.3 is 0 Å². The van der Waals surface area contributed by atoms with Crippen molar-refractivity contribution >= 4 is 16.9 Å². The van der Waals surface area contributed by atoms with Gasteiger partial charge in [0.1, 0.15) is 0 Å². The minimum Gasteiger partial charge on any atom is -0.475 e. The van der Waals surface area contributed by atoms with Gasteiger partial charge in [-0.25, -0.2) is 9.97 Å². The molecule has 5 nitrogen and oxygen atoms in total. The average molecular weight is 272 g/mol. The van der Waals surface area contributed by atoms with Crippen molar-refractivity contribution in [1.82, 2.24) is 15.3 Å². The summed E-state index contributed by atoms with van der Waals surface area (Å²) >= 11 is 0.